The number of nitrogens with two attached hydrogens (primary N) is 1. The maximum Gasteiger partial charge on any atom is 0.326 e. The molecule has 10 heteroatoms. The summed E-state index contributed by atoms with van der Waals surface area (Å²) in [5.74, 6) is -1.68. The highest BCUT2D eigenvalue weighted by molar-refractivity contribution is 8.70. The van der Waals surface area contributed by atoms with Crippen LogP contribution < -0.4 is 5.73 Å². The molecule has 1 heterocycles. The van der Waals surface area contributed by atoms with E-state index in [2.05, 4.69) is 4.98 Å². The summed E-state index contributed by atoms with van der Waals surface area (Å²) in [6, 6.07) is 18.7. The van der Waals surface area contributed by atoms with Gasteiger partial charge < -0.3 is 15.7 Å². The molecule has 3 aromatic rings. The third-order valence-corrected chi connectivity index (χ3v) is 10.2. The zero-order valence-electron chi connectivity index (χ0n) is 18.4. The number of hydrogen-bond donors (Lipinski definition) is 2. The monoisotopic (exact) mass is 515 g/mol. The minimum atomic E-state index is -1.46. The Kier molecular flexibility index (Phi) is 9.70. The number of carbonyl (C=O) groups is 2. The van der Waals surface area contributed by atoms with E-state index in [1.807, 2.05) is 42.5 Å². The number of carboxylic acids is 1. The number of carbonyl (C=O) groups excluding carboxylic acids is 1. The zero-order chi connectivity index (χ0) is 24.5. The lowest BCUT2D eigenvalue weighted by Crippen LogP contribution is -2.49. The molecule has 2 unspecified atom stereocenters. The van der Waals surface area contributed by atoms with Crippen molar-refractivity contribution in [3.8, 4) is 11.1 Å². The Hall–Kier alpha value is -2.66. The van der Waals surface area contributed by atoms with Gasteiger partial charge in [0, 0.05) is 29.3 Å². The molecule has 3 atom stereocenters. The molecule has 0 bridgehead atoms. The summed E-state index contributed by atoms with van der Waals surface area (Å²) in [6.07, 6.45) is 4.97. The van der Waals surface area contributed by atoms with Crippen LogP contribution >= 0.6 is 22.6 Å². The van der Waals surface area contributed by atoms with Gasteiger partial charge in [0.25, 0.3) is 5.91 Å². The topological polar surface area (TPSA) is 114 Å². The van der Waals surface area contributed by atoms with Gasteiger partial charge >= 0.3 is 5.97 Å². The fourth-order valence-electron chi connectivity index (χ4n) is 3.39. The third-order valence-electron chi connectivity index (χ3n) is 5.07. The van der Waals surface area contributed by atoms with Crippen molar-refractivity contribution >= 4 is 44.3 Å². The predicted octanol–water partition coefficient (Wildman–Crippen LogP) is 4.10. The van der Waals surface area contributed by atoms with Crippen molar-refractivity contribution in [3.05, 3.63) is 84.7 Å². The van der Waals surface area contributed by atoms with Crippen LogP contribution in [0.4, 0.5) is 0 Å². The molecule has 0 saturated carbocycles. The van der Waals surface area contributed by atoms with Crippen LogP contribution in [0.15, 0.2) is 84.0 Å². The highest BCUT2D eigenvalue weighted by Crippen LogP contribution is 2.32. The second-order valence-corrected chi connectivity index (χ2v) is 11.7. The number of rotatable bonds is 11. The van der Waals surface area contributed by atoms with E-state index < -0.39 is 32.3 Å². The number of pyridine rings is 1. The summed E-state index contributed by atoms with van der Waals surface area (Å²) >= 11 is 1.29. The highest BCUT2D eigenvalue weighted by atomic mass is 33.1. The molecule has 178 valence electrons. The summed E-state index contributed by atoms with van der Waals surface area (Å²) in [7, 11) is -0.344. The Morgan fingerprint density at radius 1 is 1.09 bits per heavy atom. The van der Waals surface area contributed by atoms with Crippen LogP contribution in [0.25, 0.3) is 11.1 Å². The molecule has 0 saturated heterocycles. The van der Waals surface area contributed by atoms with Crippen LogP contribution in [0.3, 0.4) is 0 Å². The Morgan fingerprint density at radius 3 is 2.41 bits per heavy atom. The van der Waals surface area contributed by atoms with Crippen molar-refractivity contribution in [3.63, 3.8) is 0 Å². The van der Waals surface area contributed by atoms with Gasteiger partial charge in [0.05, 0.1) is 21.1 Å². The number of carboxylic acid groups (broad SMARTS) is 1. The lowest BCUT2D eigenvalue weighted by Gasteiger charge is -2.30. The van der Waals surface area contributed by atoms with Gasteiger partial charge in [-0.05, 0) is 46.4 Å². The van der Waals surface area contributed by atoms with Crippen LogP contribution in [0.1, 0.15) is 16.8 Å². The summed E-state index contributed by atoms with van der Waals surface area (Å²) < 4.78 is 12.4. The van der Waals surface area contributed by atoms with Gasteiger partial charge in [-0.1, -0.05) is 48.5 Å². The van der Waals surface area contributed by atoms with Crippen LogP contribution in [0.5, 0.6) is 0 Å². The van der Waals surface area contributed by atoms with Crippen molar-refractivity contribution < 1.29 is 18.9 Å². The first kappa shape index (κ1) is 26.0. The number of thioether (sulfide) groups is 1. The number of hydrogen-bond acceptors (Lipinski definition) is 7. The van der Waals surface area contributed by atoms with Crippen molar-refractivity contribution in [2.75, 3.05) is 12.9 Å². The molecule has 34 heavy (non-hydrogen) atoms. The van der Waals surface area contributed by atoms with Crippen molar-refractivity contribution in [1.29, 1.82) is 0 Å². The van der Waals surface area contributed by atoms with E-state index in [1.165, 1.54) is 11.8 Å². The number of aromatic nitrogens is 1. The van der Waals surface area contributed by atoms with E-state index in [4.69, 9.17) is 5.73 Å². The van der Waals surface area contributed by atoms with E-state index >= 15 is 0 Å². The van der Waals surface area contributed by atoms with Crippen molar-refractivity contribution in [2.24, 2.45) is 5.73 Å². The van der Waals surface area contributed by atoms with Gasteiger partial charge in [0.2, 0.25) is 0 Å². The van der Waals surface area contributed by atoms with Gasteiger partial charge in [0.15, 0.2) is 0 Å². The zero-order valence-corrected chi connectivity index (χ0v) is 20.9. The van der Waals surface area contributed by atoms with Gasteiger partial charge in [-0.25, -0.2) is 9.00 Å². The molecule has 1 amide bonds. The summed E-state index contributed by atoms with van der Waals surface area (Å²) in [5.41, 5.74) is 7.79. The van der Waals surface area contributed by atoms with Crippen molar-refractivity contribution in [1.82, 2.24) is 9.88 Å². The van der Waals surface area contributed by atoms with Gasteiger partial charge in [0.1, 0.15) is 6.04 Å². The fraction of sp³-hybridized carbons (Fsp3) is 0.208. The van der Waals surface area contributed by atoms with Gasteiger partial charge in [-0.3, -0.25) is 9.78 Å². The molecule has 0 radical (unpaired) electrons. The number of amides is 1. The molecular formula is C24H25N3O4S3. The Labute approximate surface area is 209 Å². The molecule has 2 aromatic carbocycles. The second-order valence-electron chi connectivity index (χ2n) is 7.16. The van der Waals surface area contributed by atoms with Crippen LogP contribution in [0.2, 0.25) is 0 Å². The number of aliphatic carboxylic acids is 1. The van der Waals surface area contributed by atoms with E-state index in [0.29, 0.717) is 11.1 Å². The fourth-order valence-corrected chi connectivity index (χ4v) is 7.75. The Morgan fingerprint density at radius 2 is 1.79 bits per heavy atom. The number of nitrogens with zero attached hydrogens (tertiary/aromatic N) is 2. The van der Waals surface area contributed by atoms with Crippen LogP contribution in [-0.4, -0.2) is 54.6 Å². The summed E-state index contributed by atoms with van der Waals surface area (Å²) in [4.78, 5) is 31.7. The molecule has 0 aliphatic heterocycles. The predicted molar refractivity (Wildman–Crippen MR) is 139 cm³/mol. The molecular weight excluding hydrogens is 490 g/mol. The van der Waals surface area contributed by atoms with Gasteiger partial charge in [-0.15, -0.1) is 11.8 Å². The smallest absolute Gasteiger partial charge is 0.326 e. The maximum absolute atomic E-state index is 13.5. The first-order valence-corrected chi connectivity index (χ1v) is 14.2. The quantitative estimate of drug-likeness (QED) is 0.290. The summed E-state index contributed by atoms with van der Waals surface area (Å²) in [6.45, 7) is -0.289. The van der Waals surface area contributed by atoms with Crippen molar-refractivity contribution in [2.45, 2.75) is 21.9 Å². The van der Waals surface area contributed by atoms with E-state index in [-0.39, 0.29) is 13.1 Å². The molecule has 0 aliphatic carbocycles. The molecule has 1 aromatic heterocycles. The first-order chi connectivity index (χ1) is 16.5. The average molecular weight is 516 g/mol. The second kappa shape index (κ2) is 12.7. The van der Waals surface area contributed by atoms with Crippen LogP contribution in [0, 0.1) is 0 Å². The normalized spacial score (nSPS) is 13.6. The third kappa shape index (κ3) is 6.47. The molecule has 3 N–H and O–H groups in total. The van der Waals surface area contributed by atoms with E-state index in [0.717, 1.165) is 26.2 Å². The minimum absolute atomic E-state index is 0.0210. The SMILES string of the molecule is CSC(C[C@@H](C(=O)O)N(CN)C(=O)c1ccccc1-c1ccccc1)S(=O)Sc1cccnc1. The minimum Gasteiger partial charge on any atom is -0.480 e. The highest BCUT2D eigenvalue weighted by Gasteiger charge is 2.34. The standard InChI is InChI=1S/C24H25N3O4S3/c1-32-22(34(31)33-18-10-7-13-26-15-18)14-21(24(29)30)27(16-25)23(28)20-12-6-5-11-19(20)17-8-3-2-4-9-17/h2-13,15,21-22H,14,16,25H2,1H3,(H,29,30)/t21-,22?,34?/m0/s1. The maximum atomic E-state index is 13.5. The van der Waals surface area contributed by atoms with Gasteiger partial charge in [-0.2, -0.15) is 0 Å². The molecule has 0 fully saturated rings. The summed E-state index contributed by atoms with van der Waals surface area (Å²) in [5, 5.41) is 10.00. The lowest BCUT2D eigenvalue weighted by molar-refractivity contribution is -0.142. The molecule has 3 rings (SSSR count). The molecule has 7 nitrogen and oxygen atoms in total. The largest absolute Gasteiger partial charge is 0.480 e. The lowest BCUT2D eigenvalue weighted by atomic mass is 9.98. The van der Waals surface area contributed by atoms with E-state index in [9.17, 15) is 18.9 Å². The first-order valence-electron chi connectivity index (χ1n) is 10.4. The Balaban J connectivity index is 1.86. The molecule has 0 spiro atoms. The van der Waals surface area contributed by atoms with E-state index in [1.54, 1.807) is 42.9 Å². The average Bonchev–Trinajstić information content (AvgIpc) is 2.87. The van der Waals surface area contributed by atoms with Crippen LogP contribution in [-0.2, 0) is 14.6 Å². The Bertz CT molecular complexity index is 1130. The molecule has 0 aliphatic rings. The number of benzene rings is 2.